The third kappa shape index (κ3) is 3.51. The average Bonchev–Trinajstić information content (AvgIpc) is 3.49. The van der Waals surface area contributed by atoms with Crippen LogP contribution in [0.15, 0.2) is 97.1 Å². The number of carbonyl (C=O) groups excluding carboxylic acids is 3. The number of anilines is 1. The number of hydrogen-bond acceptors (Lipinski definition) is 7. The quantitative estimate of drug-likeness (QED) is 0.207. The van der Waals surface area contributed by atoms with E-state index in [0.717, 1.165) is 11.3 Å². The van der Waals surface area contributed by atoms with E-state index in [1.165, 1.54) is 21.3 Å². The molecule has 7 heteroatoms. The Kier molecular flexibility index (Phi) is 6.20. The number of methoxy groups -OCH3 is 3. The molecule has 4 aromatic carbocycles. The van der Waals surface area contributed by atoms with E-state index in [-0.39, 0.29) is 17.3 Å². The molecule has 3 atom stereocenters. The van der Waals surface area contributed by atoms with Gasteiger partial charge in [0.2, 0.25) is 5.75 Å². The number of rotatable bonds is 6. The van der Waals surface area contributed by atoms with Crippen LogP contribution in [0.5, 0.6) is 17.2 Å². The summed E-state index contributed by atoms with van der Waals surface area (Å²) in [4.78, 5) is 46.5. The minimum Gasteiger partial charge on any atom is -0.493 e. The first-order valence-electron chi connectivity index (χ1n) is 14.1. The lowest BCUT2D eigenvalue weighted by Gasteiger charge is -2.37. The summed E-state index contributed by atoms with van der Waals surface area (Å²) >= 11 is 0. The van der Waals surface area contributed by atoms with Gasteiger partial charge in [-0.25, -0.2) is 0 Å². The van der Waals surface area contributed by atoms with Gasteiger partial charge in [-0.2, -0.15) is 0 Å². The molecule has 0 aromatic heterocycles. The van der Waals surface area contributed by atoms with Crippen molar-refractivity contribution in [2.24, 2.45) is 5.41 Å². The normalized spacial score (nSPS) is 20.9. The van der Waals surface area contributed by atoms with Crippen LogP contribution in [0.4, 0.5) is 5.69 Å². The van der Waals surface area contributed by atoms with Gasteiger partial charge in [0.15, 0.2) is 28.8 Å². The molecule has 3 unspecified atom stereocenters. The van der Waals surface area contributed by atoms with Crippen LogP contribution in [0.25, 0.3) is 6.08 Å². The molecule has 1 fully saturated rings. The zero-order valence-corrected chi connectivity index (χ0v) is 23.9. The highest BCUT2D eigenvalue weighted by molar-refractivity contribution is 6.32. The monoisotopic (exact) mass is 571 g/mol. The van der Waals surface area contributed by atoms with E-state index in [1.807, 2.05) is 59.5 Å². The van der Waals surface area contributed by atoms with Crippen molar-refractivity contribution < 1.29 is 28.6 Å². The highest BCUT2D eigenvalue weighted by Crippen LogP contribution is 2.63. The van der Waals surface area contributed by atoms with Gasteiger partial charge in [0, 0.05) is 33.9 Å². The van der Waals surface area contributed by atoms with Gasteiger partial charge in [-0.05, 0) is 17.7 Å². The fourth-order valence-electron chi connectivity index (χ4n) is 7.40. The van der Waals surface area contributed by atoms with Gasteiger partial charge >= 0.3 is 0 Å². The Morgan fingerprint density at radius 1 is 0.721 bits per heavy atom. The number of ketones is 3. The third-order valence-corrected chi connectivity index (χ3v) is 9.11. The van der Waals surface area contributed by atoms with Gasteiger partial charge in [0.1, 0.15) is 11.5 Å². The van der Waals surface area contributed by atoms with Crippen LogP contribution in [0.3, 0.4) is 0 Å². The molecule has 214 valence electrons. The molecule has 1 saturated heterocycles. The summed E-state index contributed by atoms with van der Waals surface area (Å²) < 4.78 is 17.3. The van der Waals surface area contributed by atoms with E-state index in [0.29, 0.717) is 39.5 Å². The molecule has 1 spiro atoms. The van der Waals surface area contributed by atoms with Crippen LogP contribution in [0.2, 0.25) is 0 Å². The summed E-state index contributed by atoms with van der Waals surface area (Å²) in [6.45, 7) is 0. The maximum Gasteiger partial charge on any atom is 0.203 e. The minimum absolute atomic E-state index is 0.203. The zero-order valence-electron chi connectivity index (χ0n) is 23.9. The summed E-state index contributed by atoms with van der Waals surface area (Å²) in [6.07, 6.45) is 3.85. The number of para-hydroxylation sites is 1. The predicted octanol–water partition coefficient (Wildman–Crippen LogP) is 6.03. The van der Waals surface area contributed by atoms with Crippen molar-refractivity contribution in [1.29, 1.82) is 0 Å². The van der Waals surface area contributed by atoms with Gasteiger partial charge < -0.3 is 19.1 Å². The van der Waals surface area contributed by atoms with E-state index in [9.17, 15) is 14.4 Å². The van der Waals surface area contributed by atoms with Crippen molar-refractivity contribution in [2.75, 3.05) is 26.2 Å². The van der Waals surface area contributed by atoms with Crippen molar-refractivity contribution >= 4 is 29.1 Å². The summed E-state index contributed by atoms with van der Waals surface area (Å²) in [5, 5.41) is 0. The van der Waals surface area contributed by atoms with E-state index in [1.54, 1.807) is 48.5 Å². The molecule has 2 aliphatic heterocycles. The molecule has 4 aromatic rings. The van der Waals surface area contributed by atoms with Crippen molar-refractivity contribution in [2.45, 2.75) is 18.0 Å². The topological polar surface area (TPSA) is 82.1 Å². The fraction of sp³-hybridized carbons (Fsp3) is 0.194. The molecule has 7 rings (SSSR count). The second-order valence-corrected chi connectivity index (χ2v) is 10.9. The van der Waals surface area contributed by atoms with E-state index >= 15 is 0 Å². The van der Waals surface area contributed by atoms with Crippen molar-refractivity contribution in [3.05, 3.63) is 125 Å². The fourth-order valence-corrected chi connectivity index (χ4v) is 7.40. The second kappa shape index (κ2) is 9.98. The summed E-state index contributed by atoms with van der Waals surface area (Å²) in [5.41, 5.74) is 1.74. The van der Waals surface area contributed by atoms with Gasteiger partial charge in [-0.3, -0.25) is 14.4 Å². The second-order valence-electron chi connectivity index (χ2n) is 10.9. The lowest BCUT2D eigenvalue weighted by atomic mass is 9.64. The Labute approximate surface area is 249 Å². The van der Waals surface area contributed by atoms with Crippen molar-refractivity contribution in [1.82, 2.24) is 0 Å². The molecule has 0 saturated carbocycles. The van der Waals surface area contributed by atoms with Gasteiger partial charge in [-0.15, -0.1) is 0 Å². The lowest BCUT2D eigenvalue weighted by molar-refractivity contribution is 0.0664. The maximum absolute atomic E-state index is 14.9. The van der Waals surface area contributed by atoms with Crippen LogP contribution < -0.4 is 19.1 Å². The SMILES string of the molecule is COc1ccc(C2C(C(=O)c3ccccc3)N3c4ccccc4C=CC3C23C(=O)c2ccccc2C3=O)c(OC)c1OC. The molecule has 0 radical (unpaired) electrons. The van der Waals surface area contributed by atoms with E-state index in [2.05, 4.69) is 0 Å². The number of fused-ring (bicyclic) bond motifs is 5. The highest BCUT2D eigenvalue weighted by Gasteiger charge is 2.72. The van der Waals surface area contributed by atoms with Gasteiger partial charge in [0.05, 0.1) is 27.4 Å². The molecule has 2 heterocycles. The van der Waals surface area contributed by atoms with E-state index in [4.69, 9.17) is 14.2 Å². The number of Topliss-reactive ketones (excluding diaryl/α,β-unsaturated/α-hetero) is 3. The third-order valence-electron chi connectivity index (χ3n) is 9.11. The Bertz CT molecular complexity index is 1790. The Morgan fingerprint density at radius 3 is 2.00 bits per heavy atom. The van der Waals surface area contributed by atoms with Crippen LogP contribution in [-0.4, -0.2) is 50.8 Å². The lowest BCUT2D eigenvalue weighted by Crippen LogP contribution is -2.48. The van der Waals surface area contributed by atoms with Gasteiger partial charge in [-0.1, -0.05) is 91.0 Å². The highest BCUT2D eigenvalue weighted by atomic mass is 16.5. The summed E-state index contributed by atoms with van der Waals surface area (Å²) in [7, 11) is 4.54. The Morgan fingerprint density at radius 2 is 1.35 bits per heavy atom. The number of nitrogens with zero attached hydrogens (tertiary/aromatic N) is 1. The first-order chi connectivity index (χ1) is 21.0. The first-order valence-corrected chi connectivity index (χ1v) is 14.1. The summed E-state index contributed by atoms with van der Waals surface area (Å²) in [5.74, 6) is -0.703. The number of benzene rings is 4. The van der Waals surface area contributed by atoms with Crippen LogP contribution in [0, 0.1) is 5.41 Å². The van der Waals surface area contributed by atoms with Crippen LogP contribution in [0.1, 0.15) is 48.1 Å². The van der Waals surface area contributed by atoms with Gasteiger partial charge in [0.25, 0.3) is 0 Å². The Balaban J connectivity index is 1.59. The van der Waals surface area contributed by atoms with Crippen molar-refractivity contribution in [3.63, 3.8) is 0 Å². The number of ether oxygens (including phenoxy) is 3. The molecular weight excluding hydrogens is 542 g/mol. The van der Waals surface area contributed by atoms with Crippen LogP contribution >= 0.6 is 0 Å². The molecule has 3 aliphatic rings. The standard InChI is InChI=1S/C36H29NO6/c1-41-27-19-18-25(32(42-2)33(27)43-3)29-30(31(38)22-12-5-4-6-13-22)37-26-16-10-7-11-21(26)17-20-28(37)36(29)34(39)23-14-8-9-15-24(23)35(36)40/h4-20,28-30H,1-3H3. The Hall–Kier alpha value is -5.17. The maximum atomic E-state index is 14.9. The molecular formula is C36H29NO6. The predicted molar refractivity (Wildman–Crippen MR) is 163 cm³/mol. The number of carbonyl (C=O) groups is 3. The smallest absolute Gasteiger partial charge is 0.203 e. The molecule has 0 bridgehead atoms. The van der Waals surface area contributed by atoms with Crippen molar-refractivity contribution in [3.8, 4) is 17.2 Å². The zero-order chi connectivity index (χ0) is 29.9. The molecule has 0 N–H and O–H groups in total. The minimum atomic E-state index is -1.66. The molecule has 43 heavy (non-hydrogen) atoms. The molecule has 1 aliphatic carbocycles. The first kappa shape index (κ1) is 26.7. The largest absolute Gasteiger partial charge is 0.493 e. The van der Waals surface area contributed by atoms with Crippen LogP contribution in [-0.2, 0) is 0 Å². The average molecular weight is 572 g/mol. The molecule has 7 nitrogen and oxygen atoms in total. The number of hydrogen-bond donors (Lipinski definition) is 0. The summed E-state index contributed by atoms with van der Waals surface area (Å²) in [6, 6.07) is 25.5. The molecule has 0 amide bonds. The van der Waals surface area contributed by atoms with E-state index < -0.39 is 23.4 Å².